The Morgan fingerprint density at radius 1 is 1.00 bits per heavy atom. The third-order valence-electron chi connectivity index (χ3n) is 5.04. The van der Waals surface area contributed by atoms with Crippen LogP contribution in [0.3, 0.4) is 0 Å². The number of nitriles is 1. The van der Waals surface area contributed by atoms with Gasteiger partial charge in [0.2, 0.25) is 0 Å². The number of hydrogen-bond acceptors (Lipinski definition) is 4. The topological polar surface area (TPSA) is 71.3 Å². The lowest BCUT2D eigenvalue weighted by atomic mass is 9.91. The number of anilines is 1. The zero-order chi connectivity index (χ0) is 24.0. The van der Waals surface area contributed by atoms with Crippen LogP contribution in [0.25, 0.3) is 0 Å². The number of carbonyl (C=O) groups excluding carboxylic acids is 1. The predicted octanol–water partition coefficient (Wildman–Crippen LogP) is 7.01. The number of nitrogens with one attached hydrogen (secondary N) is 1. The molecule has 0 bridgehead atoms. The second kappa shape index (κ2) is 11.1. The first-order valence-corrected chi connectivity index (χ1v) is 11.3. The van der Waals surface area contributed by atoms with Crippen LogP contribution >= 0.6 is 23.2 Å². The van der Waals surface area contributed by atoms with Crippen LogP contribution in [-0.4, -0.2) is 19.1 Å². The van der Waals surface area contributed by atoms with Gasteiger partial charge in [0.1, 0.15) is 0 Å². The van der Waals surface area contributed by atoms with Gasteiger partial charge in [0.05, 0.1) is 25.2 Å². The molecule has 3 aromatic carbocycles. The van der Waals surface area contributed by atoms with Crippen LogP contribution in [0.4, 0.5) is 5.69 Å². The van der Waals surface area contributed by atoms with Crippen LogP contribution in [-0.2, 0) is 0 Å². The average molecular weight is 483 g/mol. The van der Waals surface area contributed by atoms with E-state index in [4.69, 9.17) is 32.7 Å². The minimum atomic E-state index is -0.557. The molecule has 0 radical (unpaired) electrons. The lowest BCUT2D eigenvalue weighted by Gasteiger charge is -2.17. The maximum atomic E-state index is 12.9. The van der Waals surface area contributed by atoms with Gasteiger partial charge in [-0.3, -0.25) is 4.79 Å². The molecule has 7 heteroatoms. The minimum absolute atomic E-state index is 0.305. The quantitative estimate of drug-likeness (QED) is 0.374. The first kappa shape index (κ1) is 24.4. The number of amides is 1. The van der Waals surface area contributed by atoms with E-state index in [9.17, 15) is 10.1 Å². The molecule has 1 N–H and O–H groups in total. The number of ether oxygens (including phenoxy) is 2. The van der Waals surface area contributed by atoms with Crippen molar-refractivity contribution in [1.82, 2.24) is 0 Å². The van der Waals surface area contributed by atoms with E-state index in [0.717, 1.165) is 11.1 Å². The molecule has 5 nitrogen and oxygen atoms in total. The molecule has 3 rings (SSSR count). The van der Waals surface area contributed by atoms with E-state index >= 15 is 0 Å². The molecule has 3 aromatic rings. The molecule has 0 spiro atoms. The summed E-state index contributed by atoms with van der Waals surface area (Å²) in [6.07, 6.45) is 0. The number of halogens is 2. The Kier molecular flexibility index (Phi) is 8.21. The van der Waals surface area contributed by atoms with Crippen LogP contribution in [0.2, 0.25) is 10.0 Å². The molecule has 0 aliphatic carbocycles. The highest BCUT2D eigenvalue weighted by molar-refractivity contribution is 6.32. The molecule has 1 atom stereocenters. The fraction of sp³-hybridized carbons (Fsp3) is 0.231. The summed E-state index contributed by atoms with van der Waals surface area (Å²) in [6, 6.07) is 17.9. The fourth-order valence-corrected chi connectivity index (χ4v) is 3.82. The van der Waals surface area contributed by atoms with Gasteiger partial charge in [-0.1, -0.05) is 41.4 Å². The third-order valence-corrected chi connectivity index (χ3v) is 5.62. The summed E-state index contributed by atoms with van der Waals surface area (Å²) >= 11 is 12.5. The standard InChI is InChI=1S/C26H24Cl2N2O3/c1-4-32-24-11-8-18(13-25(24)33-5-2)26(31)30-23-14-22(28)20(12-16(23)3)21(15-29)17-6-9-19(27)10-7-17/h6-14,21H,4-5H2,1-3H3,(H,30,31). The third kappa shape index (κ3) is 5.78. The molecule has 1 amide bonds. The number of nitrogens with zero attached hydrogens (tertiary/aromatic N) is 1. The highest BCUT2D eigenvalue weighted by Crippen LogP contribution is 2.35. The summed E-state index contributed by atoms with van der Waals surface area (Å²) in [7, 11) is 0. The molecule has 0 aliphatic rings. The maximum absolute atomic E-state index is 12.9. The molecule has 0 saturated heterocycles. The Bertz CT molecular complexity index is 1190. The number of rotatable bonds is 8. The van der Waals surface area contributed by atoms with Gasteiger partial charge in [0, 0.05) is 21.3 Å². The summed E-state index contributed by atoms with van der Waals surface area (Å²) in [5, 5.41) is 13.7. The van der Waals surface area contributed by atoms with E-state index in [1.807, 2.05) is 26.8 Å². The largest absolute Gasteiger partial charge is 0.490 e. The van der Waals surface area contributed by atoms with Crippen LogP contribution < -0.4 is 14.8 Å². The molecule has 170 valence electrons. The second-order valence-electron chi connectivity index (χ2n) is 7.28. The number of hydrogen-bond donors (Lipinski definition) is 1. The van der Waals surface area contributed by atoms with Gasteiger partial charge in [0.15, 0.2) is 11.5 Å². The molecule has 0 aromatic heterocycles. The number of carbonyl (C=O) groups is 1. The summed E-state index contributed by atoms with van der Waals surface area (Å²) in [5.41, 5.74) is 3.23. The molecule has 0 heterocycles. The van der Waals surface area contributed by atoms with E-state index in [-0.39, 0.29) is 5.91 Å². The molecule has 0 fully saturated rings. The zero-order valence-corrected chi connectivity index (χ0v) is 20.1. The van der Waals surface area contributed by atoms with Crippen molar-refractivity contribution >= 4 is 34.8 Å². The van der Waals surface area contributed by atoms with Gasteiger partial charge in [-0.05, 0) is 73.9 Å². The van der Waals surface area contributed by atoms with E-state index in [2.05, 4.69) is 11.4 Å². The smallest absolute Gasteiger partial charge is 0.255 e. The van der Waals surface area contributed by atoms with Crippen LogP contribution in [0, 0.1) is 18.3 Å². The lowest BCUT2D eigenvalue weighted by molar-refractivity contribution is 0.102. The number of aryl methyl sites for hydroxylation is 1. The van der Waals surface area contributed by atoms with Crippen molar-refractivity contribution in [2.24, 2.45) is 0 Å². The second-order valence-corrected chi connectivity index (χ2v) is 8.13. The van der Waals surface area contributed by atoms with Gasteiger partial charge < -0.3 is 14.8 Å². The monoisotopic (exact) mass is 482 g/mol. The van der Waals surface area contributed by atoms with Gasteiger partial charge in [0.25, 0.3) is 5.91 Å². The predicted molar refractivity (Wildman–Crippen MR) is 132 cm³/mol. The Labute approximate surface area is 203 Å². The van der Waals surface area contributed by atoms with E-state index in [0.29, 0.717) is 51.6 Å². The summed E-state index contributed by atoms with van der Waals surface area (Å²) < 4.78 is 11.2. The molecule has 1 unspecified atom stereocenters. The average Bonchev–Trinajstić information content (AvgIpc) is 2.80. The Balaban J connectivity index is 1.87. The fourth-order valence-electron chi connectivity index (χ4n) is 3.43. The van der Waals surface area contributed by atoms with Crippen LogP contribution in [0.1, 0.15) is 46.8 Å². The maximum Gasteiger partial charge on any atom is 0.255 e. The summed E-state index contributed by atoms with van der Waals surface area (Å²) in [6.45, 7) is 6.56. The van der Waals surface area contributed by atoms with Crippen molar-refractivity contribution < 1.29 is 14.3 Å². The van der Waals surface area contributed by atoms with Crippen molar-refractivity contribution in [3.8, 4) is 17.6 Å². The number of benzene rings is 3. The highest BCUT2D eigenvalue weighted by atomic mass is 35.5. The van der Waals surface area contributed by atoms with Gasteiger partial charge in [-0.2, -0.15) is 5.26 Å². The minimum Gasteiger partial charge on any atom is -0.490 e. The van der Waals surface area contributed by atoms with Crippen molar-refractivity contribution in [2.45, 2.75) is 26.7 Å². The van der Waals surface area contributed by atoms with E-state index in [1.165, 1.54) is 0 Å². The van der Waals surface area contributed by atoms with E-state index < -0.39 is 5.92 Å². The molecular weight excluding hydrogens is 459 g/mol. The molecule has 33 heavy (non-hydrogen) atoms. The first-order valence-electron chi connectivity index (χ1n) is 10.5. The normalized spacial score (nSPS) is 11.4. The summed E-state index contributed by atoms with van der Waals surface area (Å²) in [4.78, 5) is 12.9. The Hall–Kier alpha value is -3.20. The molecular formula is C26H24Cl2N2O3. The van der Waals surface area contributed by atoms with Crippen molar-refractivity contribution in [3.05, 3.63) is 86.9 Å². The van der Waals surface area contributed by atoms with Gasteiger partial charge in [-0.15, -0.1) is 0 Å². The Morgan fingerprint density at radius 2 is 1.67 bits per heavy atom. The lowest BCUT2D eigenvalue weighted by Crippen LogP contribution is -2.14. The molecule has 0 saturated carbocycles. The van der Waals surface area contributed by atoms with Crippen molar-refractivity contribution in [1.29, 1.82) is 5.26 Å². The van der Waals surface area contributed by atoms with Gasteiger partial charge >= 0.3 is 0 Å². The van der Waals surface area contributed by atoms with E-state index in [1.54, 1.807) is 48.5 Å². The summed E-state index contributed by atoms with van der Waals surface area (Å²) in [5.74, 6) is 0.236. The van der Waals surface area contributed by atoms with Gasteiger partial charge in [-0.25, -0.2) is 0 Å². The van der Waals surface area contributed by atoms with Crippen molar-refractivity contribution in [3.63, 3.8) is 0 Å². The zero-order valence-electron chi connectivity index (χ0n) is 18.6. The first-order chi connectivity index (χ1) is 15.9. The van der Waals surface area contributed by atoms with Crippen molar-refractivity contribution in [2.75, 3.05) is 18.5 Å². The Morgan fingerprint density at radius 3 is 2.30 bits per heavy atom. The SMILES string of the molecule is CCOc1ccc(C(=O)Nc2cc(Cl)c(C(C#N)c3ccc(Cl)cc3)cc2C)cc1OCC. The van der Waals surface area contributed by atoms with Crippen LogP contribution in [0.15, 0.2) is 54.6 Å². The molecule has 0 aliphatic heterocycles. The highest BCUT2D eigenvalue weighted by Gasteiger charge is 2.20. The van der Waals surface area contributed by atoms with Crippen LogP contribution in [0.5, 0.6) is 11.5 Å².